The normalized spacial score (nSPS) is 15.5. The molecule has 1 unspecified atom stereocenters. The third-order valence-corrected chi connectivity index (χ3v) is 5.75. The molecular weight excluding hydrogens is 460 g/mol. The number of hydrogen-bond acceptors (Lipinski definition) is 9. The summed E-state index contributed by atoms with van der Waals surface area (Å²) in [7, 11) is 0. The second kappa shape index (κ2) is 10.3. The minimum absolute atomic E-state index is 0.0711. The molecule has 0 fully saturated rings. The first-order valence-corrected chi connectivity index (χ1v) is 11.4. The number of aromatic nitrogens is 2. The summed E-state index contributed by atoms with van der Waals surface area (Å²) in [6.45, 7) is 3.23. The highest BCUT2D eigenvalue weighted by molar-refractivity contribution is 7.13. The average Bonchev–Trinajstić information content (AvgIpc) is 3.47. The first-order valence-electron chi connectivity index (χ1n) is 10.5. The number of carbonyl (C=O) groups excluding carboxylic acids is 3. The summed E-state index contributed by atoms with van der Waals surface area (Å²) >= 11 is 1.37. The molecule has 4 heterocycles. The second-order valence-corrected chi connectivity index (χ2v) is 8.15. The van der Waals surface area contributed by atoms with E-state index in [1.54, 1.807) is 37.6 Å². The molecule has 2 amide bonds. The quantitative estimate of drug-likeness (QED) is 0.468. The molecule has 4 rings (SSSR count). The van der Waals surface area contributed by atoms with Gasteiger partial charge in [0.2, 0.25) is 0 Å². The van der Waals surface area contributed by atoms with Crippen LogP contribution in [0.1, 0.15) is 30.2 Å². The van der Waals surface area contributed by atoms with E-state index in [4.69, 9.17) is 13.9 Å². The molecule has 0 saturated heterocycles. The SMILES string of the molecule is CCOC(=O)C1=C(COC(=O)Cc2csc(-c3ccccn3)n2)NC(=O)NC1c1ccc(C)o1. The van der Waals surface area contributed by atoms with E-state index in [0.717, 1.165) is 0 Å². The number of ether oxygens (including phenoxy) is 2. The van der Waals surface area contributed by atoms with Crippen molar-refractivity contribution in [1.82, 2.24) is 20.6 Å². The zero-order chi connectivity index (χ0) is 24.1. The number of nitrogens with zero attached hydrogens (tertiary/aromatic N) is 2. The van der Waals surface area contributed by atoms with Gasteiger partial charge in [-0.05, 0) is 38.1 Å². The lowest BCUT2D eigenvalue weighted by Gasteiger charge is -2.27. The van der Waals surface area contributed by atoms with Gasteiger partial charge in [-0.1, -0.05) is 6.07 Å². The molecule has 1 aliphatic rings. The number of hydrogen-bond donors (Lipinski definition) is 2. The molecule has 0 bridgehead atoms. The Labute approximate surface area is 199 Å². The number of thiazole rings is 1. The lowest BCUT2D eigenvalue weighted by atomic mass is 10.0. The number of carbonyl (C=O) groups is 3. The van der Waals surface area contributed by atoms with Crippen molar-refractivity contribution in [3.8, 4) is 10.7 Å². The number of amides is 2. The van der Waals surface area contributed by atoms with Crippen LogP contribution in [0, 0.1) is 6.92 Å². The standard InChI is InChI=1S/C23H22N4O6S/c1-3-31-22(29)19-16(26-23(30)27-20(19)17-8-7-13(2)33-17)11-32-18(28)10-14-12-34-21(25-14)15-6-4-5-9-24-15/h4-9,12,20H,3,10-11H2,1-2H3,(H2,26,27,30). The van der Waals surface area contributed by atoms with Gasteiger partial charge in [0, 0.05) is 11.6 Å². The summed E-state index contributed by atoms with van der Waals surface area (Å²) in [6, 6.07) is 7.45. The van der Waals surface area contributed by atoms with Crippen LogP contribution in [-0.2, 0) is 25.5 Å². The van der Waals surface area contributed by atoms with E-state index in [9.17, 15) is 14.4 Å². The van der Waals surface area contributed by atoms with E-state index in [1.807, 2.05) is 18.2 Å². The van der Waals surface area contributed by atoms with Gasteiger partial charge in [0.15, 0.2) is 0 Å². The average molecular weight is 483 g/mol. The molecule has 1 atom stereocenters. The molecule has 3 aromatic heterocycles. The molecule has 11 heteroatoms. The smallest absolute Gasteiger partial charge is 0.338 e. The number of rotatable bonds is 8. The van der Waals surface area contributed by atoms with Crippen LogP contribution in [0.25, 0.3) is 10.7 Å². The lowest BCUT2D eigenvalue weighted by Crippen LogP contribution is -2.47. The highest BCUT2D eigenvalue weighted by Crippen LogP contribution is 2.29. The van der Waals surface area contributed by atoms with Crippen LogP contribution < -0.4 is 10.6 Å². The Kier molecular flexibility index (Phi) is 7.02. The van der Waals surface area contributed by atoms with E-state index in [-0.39, 0.29) is 30.9 Å². The number of esters is 2. The Balaban J connectivity index is 1.49. The van der Waals surface area contributed by atoms with Gasteiger partial charge in [-0.15, -0.1) is 11.3 Å². The van der Waals surface area contributed by atoms with Crippen LogP contribution in [0.2, 0.25) is 0 Å². The van der Waals surface area contributed by atoms with Crippen LogP contribution in [0.15, 0.2) is 57.6 Å². The summed E-state index contributed by atoms with van der Waals surface area (Å²) in [5.74, 6) is -0.234. The third kappa shape index (κ3) is 5.31. The highest BCUT2D eigenvalue weighted by atomic mass is 32.1. The molecule has 0 aliphatic carbocycles. The van der Waals surface area contributed by atoms with Gasteiger partial charge >= 0.3 is 18.0 Å². The van der Waals surface area contributed by atoms with Crippen molar-refractivity contribution in [2.24, 2.45) is 0 Å². The van der Waals surface area contributed by atoms with Crippen LogP contribution in [0.3, 0.4) is 0 Å². The molecule has 0 spiro atoms. The van der Waals surface area contributed by atoms with Crippen LogP contribution in [0.4, 0.5) is 4.79 Å². The number of pyridine rings is 1. The van der Waals surface area contributed by atoms with E-state index < -0.39 is 24.0 Å². The fourth-order valence-electron chi connectivity index (χ4n) is 3.35. The van der Waals surface area contributed by atoms with Gasteiger partial charge < -0.3 is 24.5 Å². The molecule has 3 aromatic rings. The van der Waals surface area contributed by atoms with Crippen molar-refractivity contribution in [2.45, 2.75) is 26.3 Å². The first-order chi connectivity index (χ1) is 16.4. The van der Waals surface area contributed by atoms with Crippen LogP contribution >= 0.6 is 11.3 Å². The summed E-state index contributed by atoms with van der Waals surface area (Å²) in [5, 5.41) is 7.65. The molecule has 0 aromatic carbocycles. The molecule has 0 saturated carbocycles. The maximum absolute atomic E-state index is 12.7. The highest BCUT2D eigenvalue weighted by Gasteiger charge is 2.36. The Hall–Kier alpha value is -3.99. The van der Waals surface area contributed by atoms with E-state index in [2.05, 4.69) is 20.6 Å². The third-order valence-electron chi connectivity index (χ3n) is 4.83. The minimum Gasteiger partial charge on any atom is -0.464 e. The number of aryl methyl sites for hydroxylation is 1. The maximum atomic E-state index is 12.7. The van der Waals surface area contributed by atoms with Crippen molar-refractivity contribution in [3.05, 3.63) is 70.4 Å². The van der Waals surface area contributed by atoms with Gasteiger partial charge in [0.25, 0.3) is 0 Å². The van der Waals surface area contributed by atoms with Crippen molar-refractivity contribution in [1.29, 1.82) is 0 Å². The zero-order valence-electron chi connectivity index (χ0n) is 18.5. The monoisotopic (exact) mass is 482 g/mol. The van der Waals surface area contributed by atoms with Crippen LogP contribution in [-0.4, -0.2) is 41.2 Å². The molecule has 1 aliphatic heterocycles. The molecule has 10 nitrogen and oxygen atoms in total. The molecular formula is C23H22N4O6S. The lowest BCUT2D eigenvalue weighted by molar-refractivity contribution is -0.143. The topological polar surface area (TPSA) is 133 Å². The van der Waals surface area contributed by atoms with E-state index >= 15 is 0 Å². The van der Waals surface area contributed by atoms with Crippen LogP contribution in [0.5, 0.6) is 0 Å². The summed E-state index contributed by atoms with van der Waals surface area (Å²) in [6.07, 6.45) is 1.60. The Morgan fingerprint density at radius 1 is 1.21 bits per heavy atom. The molecule has 2 N–H and O–H groups in total. The largest absolute Gasteiger partial charge is 0.464 e. The molecule has 0 radical (unpaired) electrons. The summed E-state index contributed by atoms with van der Waals surface area (Å²) in [5.41, 5.74) is 1.48. The summed E-state index contributed by atoms with van der Waals surface area (Å²) < 4.78 is 16.2. The van der Waals surface area contributed by atoms with Crippen molar-refractivity contribution in [3.63, 3.8) is 0 Å². The maximum Gasteiger partial charge on any atom is 0.338 e. The Morgan fingerprint density at radius 2 is 2.06 bits per heavy atom. The van der Waals surface area contributed by atoms with Gasteiger partial charge in [0.05, 0.1) is 35.7 Å². The fourth-order valence-corrected chi connectivity index (χ4v) is 4.15. The zero-order valence-corrected chi connectivity index (χ0v) is 19.3. The summed E-state index contributed by atoms with van der Waals surface area (Å²) in [4.78, 5) is 46.1. The molecule has 176 valence electrons. The Morgan fingerprint density at radius 3 is 2.76 bits per heavy atom. The minimum atomic E-state index is -0.880. The predicted octanol–water partition coefficient (Wildman–Crippen LogP) is 3.06. The molecule has 34 heavy (non-hydrogen) atoms. The van der Waals surface area contributed by atoms with Gasteiger partial charge in [-0.3, -0.25) is 9.78 Å². The predicted molar refractivity (Wildman–Crippen MR) is 122 cm³/mol. The van der Waals surface area contributed by atoms with Gasteiger partial charge in [0.1, 0.15) is 29.2 Å². The second-order valence-electron chi connectivity index (χ2n) is 7.29. The van der Waals surface area contributed by atoms with E-state index in [0.29, 0.717) is 27.9 Å². The Bertz CT molecular complexity index is 1230. The van der Waals surface area contributed by atoms with Gasteiger partial charge in [-0.25, -0.2) is 14.6 Å². The van der Waals surface area contributed by atoms with Gasteiger partial charge in [-0.2, -0.15) is 0 Å². The first kappa shape index (κ1) is 23.2. The number of nitrogens with one attached hydrogen (secondary N) is 2. The van der Waals surface area contributed by atoms with E-state index in [1.165, 1.54) is 11.3 Å². The fraction of sp³-hybridized carbons (Fsp3) is 0.261. The number of urea groups is 1. The number of furan rings is 1. The van der Waals surface area contributed by atoms with Crippen molar-refractivity contribution >= 4 is 29.3 Å². The van der Waals surface area contributed by atoms with Crippen molar-refractivity contribution < 1.29 is 28.3 Å². The van der Waals surface area contributed by atoms with Crippen molar-refractivity contribution in [2.75, 3.05) is 13.2 Å².